The molecule has 3 rings (SSSR count). The van der Waals surface area contributed by atoms with Gasteiger partial charge in [0.2, 0.25) is 10.0 Å². The van der Waals surface area contributed by atoms with Crippen LogP contribution in [0, 0.1) is 17.8 Å². The van der Waals surface area contributed by atoms with Crippen LogP contribution in [0.25, 0.3) is 0 Å². The summed E-state index contributed by atoms with van der Waals surface area (Å²) in [4.78, 5) is 27.2. The Labute approximate surface area is 395 Å². The largest absolute Gasteiger partial charge is 1.00 e. The fourth-order valence-electron chi connectivity index (χ4n) is 5.56. The van der Waals surface area contributed by atoms with Crippen LogP contribution in [0.1, 0.15) is 122 Å². The Kier molecular flexibility index (Phi) is 41.9. The van der Waals surface area contributed by atoms with Crippen molar-refractivity contribution < 1.29 is 113 Å². The van der Waals surface area contributed by atoms with E-state index in [1.54, 1.807) is 4.90 Å². The molecule has 0 radical (unpaired) electrons. The Bertz CT molecular complexity index is 1320. The zero-order valence-electron chi connectivity index (χ0n) is 33.0. The Hall–Kier alpha value is 0.710. The number of sulfonamides is 1. The summed E-state index contributed by atoms with van der Waals surface area (Å²) >= 11 is 3.46. The van der Waals surface area contributed by atoms with E-state index in [-0.39, 0.29) is 117 Å². The molecular weight excluding hydrogens is 878 g/mol. The van der Waals surface area contributed by atoms with Crippen molar-refractivity contribution in [2.75, 3.05) is 56.1 Å². The molecular formula is C34H73BrN4Na2O12S3. The SMILES string of the molecule is C.C.C.CC(C)(C)OC(=O)N1CCCC(CCBr)C1.CC(C)(C)OC(=O)N1CCCC(CCS(=O)(=O)O)C1.NS(=O)(=O)CCC1CCCNC1.O=[S-](=O)[O-].[Na+].[Na+]. The van der Waals surface area contributed by atoms with Crippen molar-refractivity contribution in [3.8, 4) is 0 Å². The molecule has 3 atom stereocenters. The average Bonchev–Trinajstić information content (AvgIpc) is 2.98. The minimum absolute atomic E-state index is 0. The van der Waals surface area contributed by atoms with E-state index in [2.05, 4.69) is 21.2 Å². The number of primary sulfonamides is 1. The summed E-state index contributed by atoms with van der Waals surface area (Å²) in [7, 11) is -10.3. The molecule has 16 nitrogen and oxygen atoms in total. The number of nitrogens with zero attached hydrogens (tertiary/aromatic N) is 2. The number of alkyl halides is 1. The Morgan fingerprint density at radius 3 is 1.48 bits per heavy atom. The molecule has 3 heterocycles. The molecule has 0 bridgehead atoms. The normalized spacial score (nSPS) is 19.6. The van der Waals surface area contributed by atoms with E-state index in [4.69, 9.17) is 32.1 Å². The van der Waals surface area contributed by atoms with E-state index in [0.29, 0.717) is 37.8 Å². The van der Waals surface area contributed by atoms with Crippen molar-refractivity contribution in [1.82, 2.24) is 15.1 Å². The molecule has 3 unspecified atom stereocenters. The molecule has 328 valence electrons. The first-order chi connectivity index (χ1) is 23.3. The number of nitrogens with two attached hydrogens (primary N) is 1. The van der Waals surface area contributed by atoms with Crippen LogP contribution in [0.2, 0.25) is 0 Å². The van der Waals surface area contributed by atoms with E-state index in [1.807, 2.05) is 46.4 Å². The van der Waals surface area contributed by atoms with Gasteiger partial charge < -0.3 is 37.6 Å². The Morgan fingerprint density at radius 2 is 1.16 bits per heavy atom. The quantitative estimate of drug-likeness (QED) is 0.0979. The van der Waals surface area contributed by atoms with Crippen LogP contribution < -0.4 is 69.6 Å². The minimum Gasteiger partial charge on any atom is -0.917 e. The van der Waals surface area contributed by atoms with Gasteiger partial charge in [0, 0.05) is 31.5 Å². The second-order valence-corrected chi connectivity index (χ2v) is 19.5. The second kappa shape index (κ2) is 34.3. The first-order valence-electron chi connectivity index (χ1n) is 17.2. The molecule has 3 saturated heterocycles. The van der Waals surface area contributed by atoms with Crippen LogP contribution in [0.4, 0.5) is 9.59 Å². The third-order valence-electron chi connectivity index (χ3n) is 7.85. The number of carbonyl (C=O) groups excluding carboxylic acids is 2. The first-order valence-corrected chi connectivity index (χ1v) is 22.7. The third kappa shape index (κ3) is 41.4. The smallest absolute Gasteiger partial charge is 0.917 e. The van der Waals surface area contributed by atoms with Crippen LogP contribution in [-0.4, -0.2) is 115 Å². The van der Waals surface area contributed by atoms with Gasteiger partial charge >= 0.3 is 71.3 Å². The van der Waals surface area contributed by atoms with E-state index in [9.17, 15) is 26.4 Å². The van der Waals surface area contributed by atoms with Crippen LogP contribution in [-0.2, 0) is 49.0 Å². The van der Waals surface area contributed by atoms with Crippen molar-refractivity contribution in [1.29, 1.82) is 0 Å². The third-order valence-corrected chi connectivity index (χ3v) is 9.87. The predicted molar refractivity (Wildman–Crippen MR) is 218 cm³/mol. The molecule has 0 aliphatic carbocycles. The summed E-state index contributed by atoms with van der Waals surface area (Å²) in [6.07, 6.45) is 7.99. The number of halogens is 1. The summed E-state index contributed by atoms with van der Waals surface area (Å²) in [6.45, 7) is 16.0. The van der Waals surface area contributed by atoms with Crippen molar-refractivity contribution >= 4 is 59.2 Å². The number of ether oxygens (including phenoxy) is 2. The number of hydrogen-bond donors (Lipinski definition) is 3. The second-order valence-electron chi connectivity index (χ2n) is 15.0. The number of amides is 2. The standard InChI is InChI=1S/C12H22BrNO2.C12H23NO5S.C7H16N2O2S.3CH4.2Na.O3S/c1-12(2,3)16-11(15)14-8-4-5-10(9-14)6-7-13;1-12(2,3)18-11(14)13-7-4-5-10(9-13)6-8-19(15,16)17;8-12(10,11)5-3-7-2-1-4-9-6-7;;;;;;1-4(2)3/h10H,4-9H2,1-3H3;10H,4-9H2,1-3H3,(H,15,16,17);7,9H,1-6H2,(H2,8,10,11);3*1H4;;;/q;;;;;;2*+1;-2. The molecule has 4 N–H and O–H groups in total. The number of piperidine rings is 3. The van der Waals surface area contributed by atoms with Gasteiger partial charge in [-0.15, -0.1) is 0 Å². The van der Waals surface area contributed by atoms with Gasteiger partial charge in [-0.05, 0) is 130 Å². The molecule has 0 aromatic heterocycles. The van der Waals surface area contributed by atoms with Crippen LogP contribution in [0.5, 0.6) is 0 Å². The van der Waals surface area contributed by atoms with E-state index in [0.717, 1.165) is 70.0 Å². The molecule has 2 amide bonds. The predicted octanol–water partition coefficient (Wildman–Crippen LogP) is 0.337. The zero-order chi connectivity index (χ0) is 39.5. The topological polar surface area (TPSA) is 243 Å². The fraction of sp³-hybridized carbons (Fsp3) is 0.941. The van der Waals surface area contributed by atoms with Crippen molar-refractivity contribution in [3.63, 3.8) is 0 Å². The molecule has 3 aliphatic heterocycles. The van der Waals surface area contributed by atoms with E-state index >= 15 is 0 Å². The van der Waals surface area contributed by atoms with Crippen LogP contribution in [0.15, 0.2) is 0 Å². The van der Waals surface area contributed by atoms with Crippen molar-refractivity contribution in [2.45, 2.75) is 133 Å². The van der Waals surface area contributed by atoms with Gasteiger partial charge in [0.15, 0.2) is 0 Å². The number of hydrogen-bond acceptors (Lipinski definition) is 13. The van der Waals surface area contributed by atoms with Gasteiger partial charge in [-0.3, -0.25) is 4.55 Å². The maximum atomic E-state index is 11.9. The molecule has 0 saturated carbocycles. The number of nitrogens with one attached hydrogen (secondary N) is 1. The number of likely N-dealkylation sites (tertiary alicyclic amines) is 2. The molecule has 56 heavy (non-hydrogen) atoms. The van der Waals surface area contributed by atoms with Crippen molar-refractivity contribution in [3.05, 3.63) is 0 Å². The maximum Gasteiger partial charge on any atom is 1.00 e. The Morgan fingerprint density at radius 1 is 0.786 bits per heavy atom. The van der Waals surface area contributed by atoms with Gasteiger partial charge in [-0.1, -0.05) is 38.2 Å². The molecule has 22 heteroatoms. The van der Waals surface area contributed by atoms with Crippen molar-refractivity contribution in [2.24, 2.45) is 22.9 Å². The summed E-state index contributed by atoms with van der Waals surface area (Å²) < 4.78 is 87.5. The molecule has 0 spiro atoms. The maximum absolute atomic E-state index is 11.9. The van der Waals surface area contributed by atoms with E-state index in [1.165, 1.54) is 6.42 Å². The number of carbonyl (C=O) groups is 2. The summed E-state index contributed by atoms with van der Waals surface area (Å²) in [5, 5.41) is 9.15. The van der Waals surface area contributed by atoms with E-state index < -0.39 is 36.7 Å². The fourth-order valence-corrected chi connectivity index (χ4v) is 7.50. The Balaban J connectivity index is -0.000000155. The molecule has 3 aliphatic rings. The first kappa shape index (κ1) is 68.4. The van der Waals surface area contributed by atoms with Gasteiger partial charge in [0.25, 0.3) is 10.1 Å². The molecule has 0 aromatic rings. The summed E-state index contributed by atoms with van der Waals surface area (Å²) in [6, 6.07) is 0. The number of rotatable bonds is 8. The zero-order valence-corrected chi connectivity index (χ0v) is 41.0. The molecule has 3 fully saturated rings. The van der Waals surface area contributed by atoms with Crippen LogP contribution >= 0.6 is 15.9 Å². The van der Waals surface area contributed by atoms with Gasteiger partial charge in [-0.2, -0.15) is 19.4 Å². The van der Waals surface area contributed by atoms with Crippen LogP contribution in [0.3, 0.4) is 0 Å². The summed E-state index contributed by atoms with van der Waals surface area (Å²) in [5.41, 5.74) is -0.919. The molecule has 0 aromatic carbocycles. The monoisotopic (exact) mass is 950 g/mol. The van der Waals surface area contributed by atoms with Gasteiger partial charge in [0.05, 0.1) is 11.5 Å². The minimum atomic E-state index is -3.92. The van der Waals surface area contributed by atoms with Gasteiger partial charge in [0.1, 0.15) is 11.2 Å². The average molecular weight is 952 g/mol. The van der Waals surface area contributed by atoms with Gasteiger partial charge in [-0.25, -0.2) is 23.1 Å². The summed E-state index contributed by atoms with van der Waals surface area (Å²) in [5.74, 6) is 1.10.